The summed E-state index contributed by atoms with van der Waals surface area (Å²) < 4.78 is 10.8. The zero-order valence-electron chi connectivity index (χ0n) is 9.50. The van der Waals surface area contributed by atoms with E-state index in [-0.39, 0.29) is 5.97 Å². The molecular formula is C12H12BrClO3. The average molecular weight is 320 g/mol. The Bertz CT molecular complexity index is 443. The second kappa shape index (κ2) is 6.67. The number of benzene rings is 1. The third-order valence-corrected chi connectivity index (χ3v) is 2.88. The summed E-state index contributed by atoms with van der Waals surface area (Å²) in [7, 11) is 1.34. The van der Waals surface area contributed by atoms with Crippen molar-refractivity contribution in [3.05, 3.63) is 39.3 Å². The Morgan fingerprint density at radius 3 is 2.82 bits per heavy atom. The largest absolute Gasteiger partial charge is 0.488 e. The van der Waals surface area contributed by atoms with Crippen LogP contribution in [0.5, 0.6) is 5.75 Å². The van der Waals surface area contributed by atoms with Crippen molar-refractivity contribution in [1.29, 1.82) is 0 Å². The standard InChI is InChI=1S/C12H12BrClO3/c1-8(12(15)16-2)5-6-17-11-4-3-9(14)7-10(11)13/h3-5,7H,6H2,1-2H3. The van der Waals surface area contributed by atoms with Crippen molar-refractivity contribution in [3.63, 3.8) is 0 Å². The van der Waals surface area contributed by atoms with Gasteiger partial charge in [-0.1, -0.05) is 11.6 Å². The Morgan fingerprint density at radius 1 is 1.53 bits per heavy atom. The number of halogens is 2. The highest BCUT2D eigenvalue weighted by molar-refractivity contribution is 9.10. The monoisotopic (exact) mass is 318 g/mol. The molecule has 0 radical (unpaired) electrons. The fourth-order valence-electron chi connectivity index (χ4n) is 1.09. The molecule has 0 aliphatic rings. The van der Waals surface area contributed by atoms with Crippen molar-refractivity contribution in [1.82, 2.24) is 0 Å². The fourth-order valence-corrected chi connectivity index (χ4v) is 1.89. The number of carbonyl (C=O) groups is 1. The molecule has 0 fully saturated rings. The van der Waals surface area contributed by atoms with Gasteiger partial charge in [0.05, 0.1) is 11.6 Å². The van der Waals surface area contributed by atoms with Crippen LogP contribution in [-0.2, 0) is 9.53 Å². The molecule has 0 amide bonds. The first kappa shape index (κ1) is 14.1. The maximum atomic E-state index is 11.1. The summed E-state index contributed by atoms with van der Waals surface area (Å²) in [6.07, 6.45) is 1.66. The second-order valence-electron chi connectivity index (χ2n) is 3.26. The summed E-state index contributed by atoms with van der Waals surface area (Å²) in [4.78, 5) is 11.1. The van der Waals surface area contributed by atoms with Gasteiger partial charge >= 0.3 is 5.97 Å². The van der Waals surface area contributed by atoms with E-state index in [1.54, 1.807) is 31.2 Å². The summed E-state index contributed by atoms with van der Waals surface area (Å²) in [5, 5.41) is 0.630. The quantitative estimate of drug-likeness (QED) is 0.628. The van der Waals surface area contributed by atoms with Crippen LogP contribution in [0.15, 0.2) is 34.3 Å². The number of ether oxygens (including phenoxy) is 2. The molecule has 0 aliphatic carbocycles. The van der Waals surface area contributed by atoms with Gasteiger partial charge in [-0.2, -0.15) is 0 Å². The van der Waals surface area contributed by atoms with Crippen LogP contribution in [0, 0.1) is 0 Å². The smallest absolute Gasteiger partial charge is 0.333 e. The predicted molar refractivity (Wildman–Crippen MR) is 70.4 cm³/mol. The van der Waals surface area contributed by atoms with Gasteiger partial charge in [0.25, 0.3) is 0 Å². The van der Waals surface area contributed by atoms with Crippen LogP contribution in [0.1, 0.15) is 6.92 Å². The average Bonchev–Trinajstić information content (AvgIpc) is 2.30. The summed E-state index contributed by atoms with van der Waals surface area (Å²) in [5.74, 6) is 0.312. The van der Waals surface area contributed by atoms with Crippen LogP contribution in [0.2, 0.25) is 5.02 Å². The van der Waals surface area contributed by atoms with E-state index in [9.17, 15) is 4.79 Å². The van der Waals surface area contributed by atoms with E-state index >= 15 is 0 Å². The second-order valence-corrected chi connectivity index (χ2v) is 4.56. The molecule has 0 saturated heterocycles. The molecule has 0 aromatic heterocycles. The molecular weight excluding hydrogens is 307 g/mol. The maximum absolute atomic E-state index is 11.1. The van der Waals surface area contributed by atoms with Gasteiger partial charge in [-0.25, -0.2) is 4.79 Å². The number of carbonyl (C=O) groups excluding carboxylic acids is 1. The van der Waals surface area contributed by atoms with Gasteiger partial charge in [-0.05, 0) is 47.1 Å². The van der Waals surface area contributed by atoms with E-state index in [0.29, 0.717) is 23.0 Å². The molecule has 1 rings (SSSR count). The minimum absolute atomic E-state index is 0.293. The van der Waals surface area contributed by atoms with Gasteiger partial charge in [0.15, 0.2) is 0 Å². The molecule has 3 nitrogen and oxygen atoms in total. The van der Waals surface area contributed by atoms with E-state index in [4.69, 9.17) is 16.3 Å². The Labute approximate surface area is 113 Å². The predicted octanol–water partition coefficient (Wildman–Crippen LogP) is 3.60. The molecule has 0 N–H and O–H groups in total. The minimum Gasteiger partial charge on any atom is -0.488 e. The van der Waals surface area contributed by atoms with Crippen LogP contribution in [0.4, 0.5) is 0 Å². The third-order valence-electron chi connectivity index (χ3n) is 2.03. The van der Waals surface area contributed by atoms with E-state index < -0.39 is 0 Å². The van der Waals surface area contributed by atoms with Crippen LogP contribution in [0.25, 0.3) is 0 Å². The zero-order valence-corrected chi connectivity index (χ0v) is 11.8. The summed E-state index contributed by atoms with van der Waals surface area (Å²) in [6, 6.07) is 5.24. The van der Waals surface area contributed by atoms with Gasteiger partial charge in [-0.15, -0.1) is 0 Å². The SMILES string of the molecule is COC(=O)C(C)=CCOc1ccc(Cl)cc1Br. The Kier molecular flexibility index (Phi) is 5.51. The minimum atomic E-state index is -0.358. The summed E-state index contributed by atoms with van der Waals surface area (Å²) in [5.41, 5.74) is 0.512. The highest BCUT2D eigenvalue weighted by Gasteiger charge is 2.03. The number of esters is 1. The van der Waals surface area contributed by atoms with Gasteiger partial charge in [0, 0.05) is 10.6 Å². The highest BCUT2D eigenvalue weighted by atomic mass is 79.9. The van der Waals surface area contributed by atoms with Gasteiger partial charge in [0.2, 0.25) is 0 Å². The van der Waals surface area contributed by atoms with Gasteiger partial charge in [-0.3, -0.25) is 0 Å². The van der Waals surface area contributed by atoms with E-state index in [2.05, 4.69) is 20.7 Å². The lowest BCUT2D eigenvalue weighted by Crippen LogP contribution is -2.04. The molecule has 0 saturated carbocycles. The van der Waals surface area contributed by atoms with Crippen molar-refractivity contribution >= 4 is 33.5 Å². The Balaban J connectivity index is 2.59. The summed E-state index contributed by atoms with van der Waals surface area (Å²) >= 11 is 9.14. The third kappa shape index (κ3) is 4.40. The van der Waals surface area contributed by atoms with Crippen LogP contribution < -0.4 is 4.74 Å². The first-order chi connectivity index (χ1) is 8.04. The Morgan fingerprint density at radius 2 is 2.24 bits per heavy atom. The first-order valence-electron chi connectivity index (χ1n) is 4.87. The molecule has 0 bridgehead atoms. The zero-order chi connectivity index (χ0) is 12.8. The van der Waals surface area contributed by atoms with Gasteiger partial charge in [0.1, 0.15) is 12.4 Å². The maximum Gasteiger partial charge on any atom is 0.333 e. The van der Waals surface area contributed by atoms with E-state index in [1.165, 1.54) is 7.11 Å². The fraction of sp³-hybridized carbons (Fsp3) is 0.250. The summed E-state index contributed by atoms with van der Waals surface area (Å²) in [6.45, 7) is 1.97. The lowest BCUT2D eigenvalue weighted by atomic mass is 10.3. The number of hydrogen-bond donors (Lipinski definition) is 0. The number of methoxy groups -OCH3 is 1. The van der Waals surface area contributed by atoms with Gasteiger partial charge < -0.3 is 9.47 Å². The number of rotatable bonds is 4. The molecule has 0 unspecified atom stereocenters. The molecule has 17 heavy (non-hydrogen) atoms. The lowest BCUT2D eigenvalue weighted by Gasteiger charge is -2.06. The van der Waals surface area contributed by atoms with E-state index in [0.717, 1.165) is 4.47 Å². The normalized spacial score (nSPS) is 11.2. The van der Waals surface area contributed by atoms with Crippen molar-refractivity contribution in [2.75, 3.05) is 13.7 Å². The highest BCUT2D eigenvalue weighted by Crippen LogP contribution is 2.27. The van der Waals surface area contributed by atoms with Crippen LogP contribution >= 0.6 is 27.5 Å². The van der Waals surface area contributed by atoms with Crippen LogP contribution in [-0.4, -0.2) is 19.7 Å². The van der Waals surface area contributed by atoms with Crippen molar-refractivity contribution in [3.8, 4) is 5.75 Å². The first-order valence-corrected chi connectivity index (χ1v) is 6.04. The van der Waals surface area contributed by atoms with Crippen molar-refractivity contribution < 1.29 is 14.3 Å². The molecule has 0 heterocycles. The molecule has 0 atom stereocenters. The molecule has 92 valence electrons. The molecule has 5 heteroatoms. The lowest BCUT2D eigenvalue weighted by molar-refractivity contribution is -0.136. The van der Waals surface area contributed by atoms with Crippen molar-refractivity contribution in [2.24, 2.45) is 0 Å². The van der Waals surface area contributed by atoms with E-state index in [1.807, 2.05) is 0 Å². The molecule has 0 aliphatic heterocycles. The Hall–Kier alpha value is -1.000. The topological polar surface area (TPSA) is 35.5 Å². The molecule has 1 aromatic carbocycles. The van der Waals surface area contributed by atoms with Crippen molar-refractivity contribution in [2.45, 2.75) is 6.92 Å². The van der Waals surface area contributed by atoms with Crippen LogP contribution in [0.3, 0.4) is 0 Å². The number of hydrogen-bond acceptors (Lipinski definition) is 3. The molecule has 1 aromatic rings. The molecule has 0 spiro atoms.